The summed E-state index contributed by atoms with van der Waals surface area (Å²) in [5, 5.41) is 8.85. The first kappa shape index (κ1) is 13.0. The number of amides is 1. The van der Waals surface area contributed by atoms with Crippen LogP contribution in [0.5, 0.6) is 0 Å². The molecule has 0 aromatic heterocycles. The lowest BCUT2D eigenvalue weighted by atomic mass is 9.96. The van der Waals surface area contributed by atoms with Crippen LogP contribution in [0.1, 0.15) is 27.7 Å². The van der Waals surface area contributed by atoms with Crippen LogP contribution in [-0.2, 0) is 4.79 Å². The summed E-state index contributed by atoms with van der Waals surface area (Å²) in [6, 6.07) is 2.06. The van der Waals surface area contributed by atoms with E-state index in [1.165, 1.54) is 0 Å². The highest BCUT2D eigenvalue weighted by Gasteiger charge is 2.24. The van der Waals surface area contributed by atoms with Crippen LogP contribution in [0.4, 0.5) is 0 Å². The number of nitrogens with zero attached hydrogens (tertiary/aromatic N) is 2. The van der Waals surface area contributed by atoms with Crippen molar-refractivity contribution in [2.75, 3.05) is 13.6 Å². The Labute approximate surface area is 86.7 Å². The molecule has 1 unspecified atom stereocenters. The van der Waals surface area contributed by atoms with E-state index in [-0.39, 0.29) is 11.8 Å². The Morgan fingerprint density at radius 2 is 1.86 bits per heavy atom. The maximum Gasteiger partial charge on any atom is 0.239 e. The molecular formula is C11H20N2O. The van der Waals surface area contributed by atoms with Gasteiger partial charge in [-0.2, -0.15) is 5.26 Å². The first-order chi connectivity index (χ1) is 6.40. The van der Waals surface area contributed by atoms with E-state index in [1.807, 2.05) is 13.8 Å². The fourth-order valence-electron chi connectivity index (χ4n) is 1.36. The summed E-state index contributed by atoms with van der Waals surface area (Å²) in [4.78, 5) is 13.4. The molecule has 80 valence electrons. The standard InChI is InChI=1S/C11H20N2O/c1-8(2)7-13(5)11(14)10(6-12)9(3)4/h8-10H,7H2,1-5H3. The molecule has 0 N–H and O–H groups in total. The molecule has 0 aliphatic rings. The quantitative estimate of drug-likeness (QED) is 0.689. The molecule has 0 bridgehead atoms. The fourth-order valence-corrected chi connectivity index (χ4v) is 1.36. The summed E-state index contributed by atoms with van der Waals surface area (Å²) in [6.07, 6.45) is 0. The second-order valence-corrected chi connectivity index (χ2v) is 4.46. The Bertz CT molecular complexity index is 228. The lowest BCUT2D eigenvalue weighted by Gasteiger charge is -2.23. The molecule has 0 spiro atoms. The highest BCUT2D eigenvalue weighted by atomic mass is 16.2. The maximum absolute atomic E-state index is 11.8. The highest BCUT2D eigenvalue weighted by Crippen LogP contribution is 2.13. The van der Waals surface area contributed by atoms with Gasteiger partial charge in [-0.25, -0.2) is 0 Å². The third-order valence-electron chi connectivity index (χ3n) is 2.09. The lowest BCUT2D eigenvalue weighted by Crippen LogP contribution is -2.36. The topological polar surface area (TPSA) is 44.1 Å². The summed E-state index contributed by atoms with van der Waals surface area (Å²) in [7, 11) is 1.76. The van der Waals surface area contributed by atoms with Crippen molar-refractivity contribution in [1.29, 1.82) is 5.26 Å². The van der Waals surface area contributed by atoms with E-state index < -0.39 is 5.92 Å². The van der Waals surface area contributed by atoms with Crippen LogP contribution in [0.3, 0.4) is 0 Å². The van der Waals surface area contributed by atoms with Crippen molar-refractivity contribution in [2.45, 2.75) is 27.7 Å². The van der Waals surface area contributed by atoms with Crippen LogP contribution in [0, 0.1) is 29.1 Å². The fraction of sp³-hybridized carbons (Fsp3) is 0.818. The average Bonchev–Trinajstić information content (AvgIpc) is 2.03. The molecule has 0 saturated heterocycles. The van der Waals surface area contributed by atoms with E-state index in [4.69, 9.17) is 5.26 Å². The molecule has 0 fully saturated rings. The van der Waals surface area contributed by atoms with Gasteiger partial charge in [0, 0.05) is 13.6 Å². The zero-order chi connectivity index (χ0) is 11.3. The van der Waals surface area contributed by atoms with E-state index in [9.17, 15) is 4.79 Å². The van der Waals surface area contributed by atoms with Crippen molar-refractivity contribution < 1.29 is 4.79 Å². The predicted octanol–water partition coefficient (Wildman–Crippen LogP) is 1.90. The minimum atomic E-state index is -0.501. The maximum atomic E-state index is 11.8. The molecule has 0 aliphatic heterocycles. The van der Waals surface area contributed by atoms with E-state index in [0.717, 1.165) is 0 Å². The monoisotopic (exact) mass is 196 g/mol. The molecule has 1 atom stereocenters. The number of nitriles is 1. The highest BCUT2D eigenvalue weighted by molar-refractivity contribution is 5.81. The Hall–Kier alpha value is -1.04. The summed E-state index contributed by atoms with van der Waals surface area (Å²) in [5.41, 5.74) is 0. The molecule has 0 radical (unpaired) electrons. The van der Waals surface area contributed by atoms with Gasteiger partial charge in [-0.05, 0) is 11.8 Å². The van der Waals surface area contributed by atoms with E-state index >= 15 is 0 Å². The van der Waals surface area contributed by atoms with Crippen LogP contribution in [0.2, 0.25) is 0 Å². The predicted molar refractivity (Wildman–Crippen MR) is 56.4 cm³/mol. The van der Waals surface area contributed by atoms with Gasteiger partial charge in [0.15, 0.2) is 0 Å². The number of carbonyl (C=O) groups is 1. The first-order valence-electron chi connectivity index (χ1n) is 5.04. The third-order valence-corrected chi connectivity index (χ3v) is 2.09. The Morgan fingerprint density at radius 1 is 1.36 bits per heavy atom. The molecule has 0 aromatic carbocycles. The normalized spacial score (nSPS) is 12.7. The van der Waals surface area contributed by atoms with Gasteiger partial charge in [0.05, 0.1) is 6.07 Å². The van der Waals surface area contributed by atoms with Crippen molar-refractivity contribution in [2.24, 2.45) is 17.8 Å². The molecule has 14 heavy (non-hydrogen) atoms. The Balaban J connectivity index is 4.37. The minimum absolute atomic E-state index is 0.0591. The van der Waals surface area contributed by atoms with Gasteiger partial charge in [-0.3, -0.25) is 4.79 Å². The van der Waals surface area contributed by atoms with Crippen LogP contribution < -0.4 is 0 Å². The van der Waals surface area contributed by atoms with Crippen LogP contribution in [-0.4, -0.2) is 24.4 Å². The summed E-state index contributed by atoms with van der Waals surface area (Å²) in [5.74, 6) is -0.0347. The molecule has 3 heteroatoms. The van der Waals surface area contributed by atoms with Gasteiger partial charge in [0.25, 0.3) is 0 Å². The van der Waals surface area contributed by atoms with Crippen LogP contribution in [0.15, 0.2) is 0 Å². The second kappa shape index (κ2) is 5.64. The van der Waals surface area contributed by atoms with Gasteiger partial charge in [0.2, 0.25) is 5.91 Å². The smallest absolute Gasteiger partial charge is 0.239 e. The molecule has 0 aliphatic carbocycles. The van der Waals surface area contributed by atoms with Gasteiger partial charge in [-0.1, -0.05) is 27.7 Å². The van der Waals surface area contributed by atoms with Crippen LogP contribution >= 0.6 is 0 Å². The largest absolute Gasteiger partial charge is 0.344 e. The number of carbonyl (C=O) groups excluding carboxylic acids is 1. The zero-order valence-electron chi connectivity index (χ0n) is 9.74. The van der Waals surface area contributed by atoms with E-state index in [1.54, 1.807) is 11.9 Å². The zero-order valence-corrected chi connectivity index (χ0v) is 9.74. The minimum Gasteiger partial charge on any atom is -0.344 e. The van der Waals surface area contributed by atoms with E-state index in [0.29, 0.717) is 12.5 Å². The van der Waals surface area contributed by atoms with Gasteiger partial charge >= 0.3 is 0 Å². The molecule has 0 saturated carbocycles. The molecule has 0 heterocycles. The number of hydrogen-bond donors (Lipinski definition) is 0. The number of rotatable bonds is 4. The van der Waals surface area contributed by atoms with Crippen molar-refractivity contribution in [1.82, 2.24) is 4.90 Å². The summed E-state index contributed by atoms with van der Waals surface area (Å²) >= 11 is 0. The Kier molecular flexibility index (Phi) is 5.22. The van der Waals surface area contributed by atoms with Gasteiger partial charge < -0.3 is 4.90 Å². The van der Waals surface area contributed by atoms with Crippen molar-refractivity contribution in [3.8, 4) is 6.07 Å². The summed E-state index contributed by atoms with van der Waals surface area (Å²) in [6.45, 7) is 8.62. The lowest BCUT2D eigenvalue weighted by molar-refractivity contribution is -0.134. The average molecular weight is 196 g/mol. The SMILES string of the molecule is CC(C)CN(C)C(=O)C(C#N)C(C)C. The molecule has 1 amide bonds. The van der Waals surface area contributed by atoms with Gasteiger partial charge in [0.1, 0.15) is 5.92 Å². The first-order valence-corrected chi connectivity index (χ1v) is 5.04. The second-order valence-electron chi connectivity index (χ2n) is 4.46. The molecular weight excluding hydrogens is 176 g/mol. The Morgan fingerprint density at radius 3 is 2.14 bits per heavy atom. The van der Waals surface area contributed by atoms with Gasteiger partial charge in [-0.15, -0.1) is 0 Å². The van der Waals surface area contributed by atoms with Crippen molar-refractivity contribution >= 4 is 5.91 Å². The molecule has 0 aromatic rings. The summed E-state index contributed by atoms with van der Waals surface area (Å²) < 4.78 is 0. The number of hydrogen-bond acceptors (Lipinski definition) is 2. The molecule has 3 nitrogen and oxygen atoms in total. The van der Waals surface area contributed by atoms with Crippen LogP contribution in [0.25, 0.3) is 0 Å². The van der Waals surface area contributed by atoms with Crippen molar-refractivity contribution in [3.05, 3.63) is 0 Å². The molecule has 0 rings (SSSR count). The third kappa shape index (κ3) is 3.78. The van der Waals surface area contributed by atoms with Crippen molar-refractivity contribution in [3.63, 3.8) is 0 Å². The van der Waals surface area contributed by atoms with E-state index in [2.05, 4.69) is 19.9 Å².